The van der Waals surface area contributed by atoms with Gasteiger partial charge in [-0.15, -0.1) is 0 Å². The fourth-order valence-corrected chi connectivity index (χ4v) is 2.17. The Kier molecular flexibility index (Phi) is 6.40. The molecule has 0 aromatic heterocycles. The van der Waals surface area contributed by atoms with Gasteiger partial charge < -0.3 is 20.4 Å². The Morgan fingerprint density at radius 2 is 1.61 bits per heavy atom. The first-order chi connectivity index (χ1) is 11.1. The van der Waals surface area contributed by atoms with E-state index in [1.165, 1.54) is 0 Å². The molecule has 2 aromatic carbocycles. The van der Waals surface area contributed by atoms with Gasteiger partial charge in [0, 0.05) is 18.2 Å². The van der Waals surface area contributed by atoms with Crippen LogP contribution in [-0.4, -0.2) is 35.3 Å². The van der Waals surface area contributed by atoms with Gasteiger partial charge in [-0.1, -0.05) is 54.6 Å². The van der Waals surface area contributed by atoms with E-state index in [-0.39, 0.29) is 13.0 Å². The number of hydrogen-bond donors (Lipinski definition) is 3. The smallest absolute Gasteiger partial charge is 0.181 e. The lowest BCUT2D eigenvalue weighted by molar-refractivity contribution is -0.126. The molecule has 2 rings (SSSR count). The molecule has 0 amide bonds. The minimum absolute atomic E-state index is 0.199. The third-order valence-corrected chi connectivity index (χ3v) is 3.43. The van der Waals surface area contributed by atoms with E-state index in [2.05, 4.69) is 0 Å². The first kappa shape index (κ1) is 17.3. The van der Waals surface area contributed by atoms with Crippen LogP contribution in [0.1, 0.15) is 18.3 Å². The molecule has 0 radical (unpaired) electrons. The average molecular weight is 317 g/mol. The van der Waals surface area contributed by atoms with Gasteiger partial charge in [0.25, 0.3) is 0 Å². The van der Waals surface area contributed by atoms with E-state index >= 15 is 0 Å². The van der Waals surface area contributed by atoms with Crippen molar-refractivity contribution < 1.29 is 19.3 Å². The average Bonchev–Trinajstić information content (AvgIpc) is 2.60. The third-order valence-electron chi connectivity index (χ3n) is 3.43. The van der Waals surface area contributed by atoms with Crippen molar-refractivity contribution >= 4 is 6.21 Å². The number of benzene rings is 2. The minimum Gasteiger partial charge on any atom is -0.391 e. The number of ether oxygens (including phenoxy) is 1. The quantitative estimate of drug-likeness (QED) is 0.517. The fourth-order valence-electron chi connectivity index (χ4n) is 2.17. The Morgan fingerprint density at radius 1 is 1.00 bits per heavy atom. The normalized spacial score (nSPS) is 14.9. The van der Waals surface area contributed by atoms with Gasteiger partial charge in [0.2, 0.25) is 0 Å². The predicted molar refractivity (Wildman–Crippen MR) is 87.1 cm³/mol. The molecule has 0 aliphatic heterocycles. The summed E-state index contributed by atoms with van der Waals surface area (Å²) in [5.41, 5.74) is 2.65. The van der Waals surface area contributed by atoms with Crippen LogP contribution in [0.2, 0.25) is 0 Å². The number of nitrogens with one attached hydrogen (secondary N) is 1. The molecule has 4 nitrogen and oxygen atoms in total. The van der Waals surface area contributed by atoms with E-state index in [0.717, 1.165) is 11.1 Å². The summed E-state index contributed by atoms with van der Waals surface area (Å²) < 4.78 is 18.1. The summed E-state index contributed by atoms with van der Waals surface area (Å²) in [6.07, 6.45) is -3.35. The highest BCUT2D eigenvalue weighted by molar-refractivity contribution is 5.63. The summed E-state index contributed by atoms with van der Waals surface area (Å²) in [6, 6.07) is 17.1. The summed E-state index contributed by atoms with van der Waals surface area (Å²) in [6.45, 7) is -0.199. The topological polar surface area (TPSA) is 73.5 Å². The summed E-state index contributed by atoms with van der Waals surface area (Å²) in [4.78, 5) is 0. The van der Waals surface area contributed by atoms with Gasteiger partial charge >= 0.3 is 0 Å². The zero-order valence-electron chi connectivity index (χ0n) is 12.6. The van der Waals surface area contributed by atoms with E-state index in [1.807, 2.05) is 42.5 Å². The molecule has 3 N–H and O–H groups in total. The zero-order valence-corrected chi connectivity index (χ0v) is 12.6. The largest absolute Gasteiger partial charge is 0.391 e. The number of rotatable bonds is 8. The second-order valence-corrected chi connectivity index (χ2v) is 5.25. The zero-order chi connectivity index (χ0) is 16.7. The van der Waals surface area contributed by atoms with Crippen molar-refractivity contribution in [1.82, 2.24) is 0 Å². The molecule has 0 saturated heterocycles. The van der Waals surface area contributed by atoms with Gasteiger partial charge in [-0.25, -0.2) is 4.39 Å². The Bertz CT molecular complexity index is 603. The second-order valence-electron chi connectivity index (χ2n) is 5.25. The van der Waals surface area contributed by atoms with Gasteiger partial charge in [0.15, 0.2) is 6.29 Å². The maximum Gasteiger partial charge on any atom is 0.181 e. The van der Waals surface area contributed by atoms with Crippen molar-refractivity contribution in [3.8, 4) is 11.1 Å². The molecule has 0 spiro atoms. The molecule has 3 atom stereocenters. The molecule has 1 unspecified atom stereocenters. The molecule has 0 fully saturated rings. The van der Waals surface area contributed by atoms with E-state index in [1.54, 1.807) is 12.1 Å². The lowest BCUT2D eigenvalue weighted by Gasteiger charge is -2.16. The van der Waals surface area contributed by atoms with Crippen LogP contribution < -0.4 is 0 Å². The maximum atomic E-state index is 12.9. The molecule has 5 heteroatoms. The molecular weight excluding hydrogens is 297 g/mol. The molecule has 2 aromatic rings. The number of halogens is 1. The number of aliphatic hydroxyl groups excluding tert-OH is 2. The van der Waals surface area contributed by atoms with Crippen molar-refractivity contribution in [2.24, 2.45) is 0 Å². The Hall–Kier alpha value is -2.08. The van der Waals surface area contributed by atoms with Gasteiger partial charge in [0.05, 0.1) is 12.7 Å². The van der Waals surface area contributed by atoms with Gasteiger partial charge in [0.1, 0.15) is 6.17 Å². The molecule has 0 saturated carbocycles. The SMILES string of the molecule is N=C[C@@H](F)C[C@H](O)COC(O)c1ccc(-c2ccccc2)cc1. The molecule has 0 bridgehead atoms. The van der Waals surface area contributed by atoms with E-state index < -0.39 is 18.6 Å². The van der Waals surface area contributed by atoms with Crippen molar-refractivity contribution in [3.63, 3.8) is 0 Å². The summed E-state index contributed by atoms with van der Waals surface area (Å²) >= 11 is 0. The highest BCUT2D eigenvalue weighted by atomic mass is 19.1. The van der Waals surface area contributed by atoms with E-state index in [0.29, 0.717) is 11.8 Å². The van der Waals surface area contributed by atoms with Crippen LogP contribution >= 0.6 is 0 Å². The number of alkyl halides is 1. The number of hydrogen-bond acceptors (Lipinski definition) is 4. The van der Waals surface area contributed by atoms with Crippen LogP contribution in [0.4, 0.5) is 4.39 Å². The van der Waals surface area contributed by atoms with Crippen LogP contribution in [0.25, 0.3) is 11.1 Å². The van der Waals surface area contributed by atoms with Crippen LogP contribution in [0.15, 0.2) is 54.6 Å². The molecular formula is C18H20FNO3. The highest BCUT2D eigenvalue weighted by Crippen LogP contribution is 2.22. The predicted octanol–water partition coefficient (Wildman–Crippen LogP) is 3.10. The van der Waals surface area contributed by atoms with Crippen molar-refractivity contribution in [3.05, 3.63) is 60.2 Å². The van der Waals surface area contributed by atoms with E-state index in [9.17, 15) is 14.6 Å². The lowest BCUT2D eigenvalue weighted by atomic mass is 10.0. The van der Waals surface area contributed by atoms with Gasteiger partial charge in [-0.3, -0.25) is 0 Å². The van der Waals surface area contributed by atoms with Crippen LogP contribution in [0.5, 0.6) is 0 Å². The van der Waals surface area contributed by atoms with E-state index in [4.69, 9.17) is 10.1 Å². The maximum absolute atomic E-state index is 12.9. The van der Waals surface area contributed by atoms with Crippen molar-refractivity contribution in [2.45, 2.75) is 25.0 Å². The molecule has 0 aliphatic rings. The van der Waals surface area contributed by atoms with Gasteiger partial charge in [-0.05, 0) is 11.1 Å². The first-order valence-electron chi connectivity index (χ1n) is 7.38. The Labute approximate surface area is 134 Å². The van der Waals surface area contributed by atoms with Crippen LogP contribution in [0, 0.1) is 5.41 Å². The summed E-state index contributed by atoms with van der Waals surface area (Å²) in [7, 11) is 0. The second kappa shape index (κ2) is 8.53. The van der Waals surface area contributed by atoms with Crippen LogP contribution in [-0.2, 0) is 4.74 Å². The summed E-state index contributed by atoms with van der Waals surface area (Å²) in [5.74, 6) is 0. The Morgan fingerprint density at radius 3 is 2.22 bits per heavy atom. The van der Waals surface area contributed by atoms with Crippen molar-refractivity contribution in [1.29, 1.82) is 5.41 Å². The molecule has 23 heavy (non-hydrogen) atoms. The minimum atomic E-state index is -1.50. The molecule has 0 heterocycles. The third kappa shape index (κ3) is 5.25. The van der Waals surface area contributed by atoms with Gasteiger partial charge in [-0.2, -0.15) is 0 Å². The highest BCUT2D eigenvalue weighted by Gasteiger charge is 2.15. The standard InChI is InChI=1S/C18H20FNO3/c19-16(11-20)10-17(21)12-23-18(22)15-8-6-14(7-9-15)13-4-2-1-3-5-13/h1-9,11,16-18,20-22H,10,12H2/t16-,17-,18?/m0/s1. The monoisotopic (exact) mass is 317 g/mol. The first-order valence-corrected chi connectivity index (χ1v) is 7.38. The molecule has 122 valence electrons. The Balaban J connectivity index is 1.90. The van der Waals surface area contributed by atoms with Crippen LogP contribution in [0.3, 0.4) is 0 Å². The summed E-state index contributed by atoms with van der Waals surface area (Å²) in [5, 5.41) is 26.3. The van der Waals surface area contributed by atoms with Crippen molar-refractivity contribution in [2.75, 3.05) is 6.61 Å². The molecule has 0 aliphatic carbocycles. The number of aliphatic hydroxyl groups is 2. The fraction of sp³-hybridized carbons (Fsp3) is 0.278. The lowest BCUT2D eigenvalue weighted by Crippen LogP contribution is -2.22.